The van der Waals surface area contributed by atoms with Crippen LogP contribution in [0.25, 0.3) is 0 Å². The Kier molecular flexibility index (Phi) is 6.10. The molecule has 5 nitrogen and oxygen atoms in total. The summed E-state index contributed by atoms with van der Waals surface area (Å²) >= 11 is 0. The van der Waals surface area contributed by atoms with E-state index in [9.17, 15) is 14.0 Å². The van der Waals surface area contributed by atoms with Gasteiger partial charge in [-0.1, -0.05) is 12.1 Å². The molecule has 1 N–H and O–H groups in total. The molecule has 0 bridgehead atoms. The molecule has 0 radical (unpaired) electrons. The van der Waals surface area contributed by atoms with Gasteiger partial charge in [-0.3, -0.25) is 14.5 Å². The van der Waals surface area contributed by atoms with Gasteiger partial charge in [0, 0.05) is 19.1 Å². The molecule has 126 valence electrons. The molecule has 1 aromatic carbocycles. The lowest BCUT2D eigenvalue weighted by atomic mass is 10.1. The monoisotopic (exact) mass is 321 g/mol. The van der Waals surface area contributed by atoms with Crippen molar-refractivity contribution < 1.29 is 14.0 Å². The first kappa shape index (κ1) is 17.4. The van der Waals surface area contributed by atoms with Crippen LogP contribution >= 0.6 is 0 Å². The Morgan fingerprint density at radius 3 is 2.48 bits per heavy atom. The molecule has 1 fully saturated rings. The SMILES string of the molecule is CC(c1ccc(F)cc1)N(C)CC(=O)NCC(=O)N1CCCC1. The van der Waals surface area contributed by atoms with Crippen LogP contribution in [0.4, 0.5) is 4.39 Å². The number of nitrogens with one attached hydrogen (secondary N) is 1. The maximum Gasteiger partial charge on any atom is 0.241 e. The quantitative estimate of drug-likeness (QED) is 0.865. The zero-order valence-corrected chi connectivity index (χ0v) is 13.7. The van der Waals surface area contributed by atoms with Gasteiger partial charge in [0.2, 0.25) is 11.8 Å². The first-order chi connectivity index (χ1) is 11.0. The largest absolute Gasteiger partial charge is 0.346 e. The molecule has 1 aliphatic heterocycles. The lowest BCUT2D eigenvalue weighted by Crippen LogP contribution is -2.42. The van der Waals surface area contributed by atoms with Crippen molar-refractivity contribution >= 4 is 11.8 Å². The van der Waals surface area contributed by atoms with Gasteiger partial charge in [0.1, 0.15) is 5.82 Å². The zero-order chi connectivity index (χ0) is 16.8. The van der Waals surface area contributed by atoms with E-state index in [1.807, 2.05) is 18.9 Å². The number of carbonyl (C=O) groups is 2. The number of benzene rings is 1. The van der Waals surface area contributed by atoms with Crippen molar-refractivity contribution in [1.29, 1.82) is 0 Å². The maximum atomic E-state index is 13.0. The molecule has 1 atom stereocenters. The molecule has 23 heavy (non-hydrogen) atoms. The normalized spacial score (nSPS) is 15.7. The topological polar surface area (TPSA) is 52.7 Å². The molecule has 1 heterocycles. The zero-order valence-electron chi connectivity index (χ0n) is 13.7. The Bertz CT molecular complexity index is 541. The highest BCUT2D eigenvalue weighted by Crippen LogP contribution is 2.18. The number of hydrogen-bond acceptors (Lipinski definition) is 3. The summed E-state index contributed by atoms with van der Waals surface area (Å²) in [5, 5.41) is 2.67. The second-order valence-electron chi connectivity index (χ2n) is 6.01. The number of carbonyl (C=O) groups excluding carboxylic acids is 2. The maximum absolute atomic E-state index is 13.0. The summed E-state index contributed by atoms with van der Waals surface area (Å²) in [6.45, 7) is 3.77. The first-order valence-corrected chi connectivity index (χ1v) is 7.97. The Morgan fingerprint density at radius 1 is 1.26 bits per heavy atom. The van der Waals surface area contributed by atoms with Crippen molar-refractivity contribution in [2.45, 2.75) is 25.8 Å². The average molecular weight is 321 g/mol. The van der Waals surface area contributed by atoms with Gasteiger partial charge in [-0.25, -0.2) is 4.39 Å². The van der Waals surface area contributed by atoms with Crippen molar-refractivity contribution in [3.63, 3.8) is 0 Å². The van der Waals surface area contributed by atoms with Crippen molar-refractivity contribution in [1.82, 2.24) is 15.1 Å². The number of nitrogens with zero attached hydrogens (tertiary/aromatic N) is 2. The highest BCUT2D eigenvalue weighted by Gasteiger charge is 2.19. The lowest BCUT2D eigenvalue weighted by molar-refractivity contribution is -0.132. The molecule has 6 heteroatoms. The van der Waals surface area contributed by atoms with Crippen LogP contribution in [0.15, 0.2) is 24.3 Å². The highest BCUT2D eigenvalue weighted by molar-refractivity contribution is 5.85. The fourth-order valence-corrected chi connectivity index (χ4v) is 2.67. The van der Waals surface area contributed by atoms with Crippen LogP contribution in [0.3, 0.4) is 0 Å². The summed E-state index contributed by atoms with van der Waals surface area (Å²) in [4.78, 5) is 27.5. The van der Waals surface area contributed by atoms with Gasteiger partial charge in [0.05, 0.1) is 13.1 Å². The van der Waals surface area contributed by atoms with Gasteiger partial charge in [-0.2, -0.15) is 0 Å². The summed E-state index contributed by atoms with van der Waals surface area (Å²) in [6.07, 6.45) is 2.08. The highest BCUT2D eigenvalue weighted by atomic mass is 19.1. The minimum Gasteiger partial charge on any atom is -0.346 e. The van der Waals surface area contributed by atoms with Crippen molar-refractivity contribution in [2.24, 2.45) is 0 Å². The molecule has 2 amide bonds. The predicted octanol–water partition coefficient (Wildman–Crippen LogP) is 1.56. The molecule has 1 aromatic rings. The average Bonchev–Trinajstić information content (AvgIpc) is 3.07. The van der Waals surface area contributed by atoms with Gasteiger partial charge < -0.3 is 10.2 Å². The Balaban J connectivity index is 1.77. The Labute approximate surface area is 136 Å². The van der Waals surface area contributed by atoms with E-state index in [0.717, 1.165) is 31.5 Å². The van der Waals surface area contributed by atoms with E-state index in [1.54, 1.807) is 17.0 Å². The number of amides is 2. The number of hydrogen-bond donors (Lipinski definition) is 1. The van der Waals surface area contributed by atoms with Crippen molar-refractivity contribution in [3.05, 3.63) is 35.6 Å². The summed E-state index contributed by atoms with van der Waals surface area (Å²) in [7, 11) is 1.83. The van der Waals surface area contributed by atoms with Gasteiger partial charge in [0.25, 0.3) is 0 Å². The Hall–Kier alpha value is -1.95. The van der Waals surface area contributed by atoms with Crippen molar-refractivity contribution in [3.8, 4) is 0 Å². The van der Waals surface area contributed by atoms with E-state index < -0.39 is 0 Å². The molecule has 0 aromatic heterocycles. The lowest BCUT2D eigenvalue weighted by Gasteiger charge is -2.24. The van der Waals surface area contributed by atoms with Gasteiger partial charge >= 0.3 is 0 Å². The molecule has 0 aliphatic carbocycles. The summed E-state index contributed by atoms with van der Waals surface area (Å²) < 4.78 is 13.0. The fraction of sp³-hybridized carbons (Fsp3) is 0.529. The molecule has 2 rings (SSSR count). The minimum absolute atomic E-state index is 0.0179. The number of rotatable bonds is 6. The van der Waals surface area contributed by atoms with Crippen molar-refractivity contribution in [2.75, 3.05) is 33.2 Å². The third kappa shape index (κ3) is 5.03. The third-order valence-electron chi connectivity index (χ3n) is 4.30. The fourth-order valence-electron chi connectivity index (χ4n) is 2.67. The third-order valence-corrected chi connectivity index (χ3v) is 4.30. The smallest absolute Gasteiger partial charge is 0.241 e. The van der Waals surface area contributed by atoms with E-state index in [2.05, 4.69) is 5.32 Å². The van der Waals surface area contributed by atoms with Crippen LogP contribution in [0.2, 0.25) is 0 Å². The molecular weight excluding hydrogens is 297 g/mol. The van der Waals surface area contributed by atoms with Crippen LogP contribution in [0.5, 0.6) is 0 Å². The van der Waals surface area contributed by atoms with Crippen LogP contribution in [0, 0.1) is 5.82 Å². The molecule has 1 aliphatic rings. The number of halogens is 1. The van der Waals surface area contributed by atoms with E-state index >= 15 is 0 Å². The first-order valence-electron chi connectivity index (χ1n) is 7.97. The second kappa shape index (κ2) is 8.06. The molecule has 0 saturated carbocycles. The summed E-state index contributed by atoms with van der Waals surface area (Å²) in [5.74, 6) is -0.485. The van der Waals surface area contributed by atoms with E-state index in [-0.39, 0.29) is 36.8 Å². The Morgan fingerprint density at radius 2 is 1.87 bits per heavy atom. The van der Waals surface area contributed by atoms with Gasteiger partial charge in [-0.15, -0.1) is 0 Å². The predicted molar refractivity (Wildman–Crippen MR) is 86.3 cm³/mol. The minimum atomic E-state index is -0.276. The molecule has 1 unspecified atom stereocenters. The van der Waals surface area contributed by atoms with E-state index in [4.69, 9.17) is 0 Å². The second-order valence-corrected chi connectivity index (χ2v) is 6.01. The van der Waals surface area contributed by atoms with Gasteiger partial charge in [-0.05, 0) is 44.5 Å². The van der Waals surface area contributed by atoms with Crippen LogP contribution in [0.1, 0.15) is 31.4 Å². The molecular formula is C17H24FN3O2. The summed E-state index contributed by atoms with van der Waals surface area (Å²) in [5.41, 5.74) is 0.940. The van der Waals surface area contributed by atoms with E-state index in [0.29, 0.717) is 0 Å². The summed E-state index contributed by atoms with van der Waals surface area (Å²) in [6, 6.07) is 6.23. The van der Waals surface area contributed by atoms with Crippen LogP contribution < -0.4 is 5.32 Å². The molecule has 1 saturated heterocycles. The van der Waals surface area contributed by atoms with Crippen LogP contribution in [-0.4, -0.2) is 54.8 Å². The standard InChI is InChI=1S/C17H24FN3O2/c1-13(14-5-7-15(18)8-6-14)20(2)12-16(22)19-11-17(23)21-9-3-4-10-21/h5-8,13H,3-4,9-12H2,1-2H3,(H,19,22). The number of likely N-dealkylation sites (N-methyl/N-ethyl adjacent to an activating group) is 1. The van der Waals surface area contributed by atoms with E-state index in [1.165, 1.54) is 12.1 Å². The number of likely N-dealkylation sites (tertiary alicyclic amines) is 1. The van der Waals surface area contributed by atoms with Gasteiger partial charge in [0.15, 0.2) is 0 Å². The van der Waals surface area contributed by atoms with Crippen LogP contribution in [-0.2, 0) is 9.59 Å². The molecule has 0 spiro atoms.